The maximum Gasteiger partial charge on any atom is 0.251 e. The van der Waals surface area contributed by atoms with Crippen LogP contribution in [0.3, 0.4) is 0 Å². The van der Waals surface area contributed by atoms with E-state index in [4.69, 9.17) is 5.73 Å². The Kier molecular flexibility index (Phi) is 5.06. The third kappa shape index (κ3) is 4.39. The van der Waals surface area contributed by atoms with Crippen LogP contribution in [0.5, 0.6) is 0 Å². The molecule has 0 bridgehead atoms. The molecular weight excluding hydrogens is 267 g/mol. The molecule has 0 atom stereocenters. The number of nitrogens with two attached hydrogens (primary N) is 1. The van der Waals surface area contributed by atoms with Gasteiger partial charge in [-0.3, -0.25) is 4.79 Å². The minimum absolute atomic E-state index is 0.274. The molecule has 2 aromatic carbocycles. The van der Waals surface area contributed by atoms with E-state index in [2.05, 4.69) is 5.32 Å². The molecule has 0 fully saturated rings. The van der Waals surface area contributed by atoms with Crippen LogP contribution in [-0.2, 0) is 13.0 Å². The fraction of sp³-hybridized carbons (Fsp3) is 0.235. The van der Waals surface area contributed by atoms with E-state index in [1.165, 1.54) is 17.7 Å². The Hall–Kier alpha value is -2.20. The van der Waals surface area contributed by atoms with Crippen molar-refractivity contribution in [2.45, 2.75) is 19.9 Å². The highest BCUT2D eigenvalue weighted by molar-refractivity contribution is 5.94. The van der Waals surface area contributed by atoms with E-state index in [0.717, 1.165) is 17.5 Å². The number of hydrogen-bond acceptors (Lipinski definition) is 2. The van der Waals surface area contributed by atoms with Gasteiger partial charge in [0.2, 0.25) is 0 Å². The molecule has 0 aliphatic carbocycles. The van der Waals surface area contributed by atoms with Gasteiger partial charge < -0.3 is 11.1 Å². The molecule has 0 spiro atoms. The summed E-state index contributed by atoms with van der Waals surface area (Å²) in [4.78, 5) is 12.0. The van der Waals surface area contributed by atoms with Crippen molar-refractivity contribution in [3.8, 4) is 0 Å². The number of halogens is 1. The molecule has 0 unspecified atom stereocenters. The Morgan fingerprint density at radius 1 is 1.14 bits per heavy atom. The van der Waals surface area contributed by atoms with Crippen molar-refractivity contribution in [2.75, 3.05) is 6.54 Å². The molecule has 0 saturated carbocycles. The number of aryl methyl sites for hydroxylation is 1. The molecule has 0 aromatic heterocycles. The van der Waals surface area contributed by atoms with E-state index in [1.807, 2.05) is 24.3 Å². The van der Waals surface area contributed by atoms with Crippen LogP contribution in [0.15, 0.2) is 42.5 Å². The fourth-order valence-electron chi connectivity index (χ4n) is 2.14. The summed E-state index contributed by atoms with van der Waals surface area (Å²) >= 11 is 0. The van der Waals surface area contributed by atoms with Gasteiger partial charge in [0.25, 0.3) is 5.91 Å². The highest BCUT2D eigenvalue weighted by Crippen LogP contribution is 2.09. The van der Waals surface area contributed by atoms with Crippen LogP contribution in [0.1, 0.15) is 27.0 Å². The Morgan fingerprint density at radius 3 is 2.43 bits per heavy atom. The number of amides is 1. The second-order valence-corrected chi connectivity index (χ2v) is 5.06. The Balaban J connectivity index is 1.97. The molecule has 0 aliphatic rings. The average molecular weight is 286 g/mol. The molecule has 3 nitrogen and oxygen atoms in total. The van der Waals surface area contributed by atoms with Gasteiger partial charge in [0.05, 0.1) is 0 Å². The number of rotatable bonds is 5. The average Bonchev–Trinajstić information content (AvgIpc) is 2.45. The van der Waals surface area contributed by atoms with Gasteiger partial charge in [-0.15, -0.1) is 0 Å². The first-order chi connectivity index (χ1) is 10.1. The predicted octanol–water partition coefficient (Wildman–Crippen LogP) is 2.57. The van der Waals surface area contributed by atoms with Crippen molar-refractivity contribution in [1.82, 2.24) is 5.32 Å². The minimum Gasteiger partial charge on any atom is -0.348 e. The van der Waals surface area contributed by atoms with E-state index in [0.29, 0.717) is 18.7 Å². The van der Waals surface area contributed by atoms with Crippen molar-refractivity contribution in [1.29, 1.82) is 0 Å². The molecule has 3 N–H and O–H groups in total. The second-order valence-electron chi connectivity index (χ2n) is 5.06. The van der Waals surface area contributed by atoms with Crippen LogP contribution in [0, 0.1) is 12.7 Å². The van der Waals surface area contributed by atoms with Crippen LogP contribution in [-0.4, -0.2) is 12.5 Å². The molecular formula is C17H19FN2O. The van der Waals surface area contributed by atoms with E-state index in [9.17, 15) is 9.18 Å². The molecule has 2 aromatic rings. The molecule has 4 heteroatoms. The van der Waals surface area contributed by atoms with Gasteiger partial charge in [-0.2, -0.15) is 0 Å². The zero-order valence-electron chi connectivity index (χ0n) is 12.0. The van der Waals surface area contributed by atoms with Crippen LogP contribution in [0.4, 0.5) is 4.39 Å². The van der Waals surface area contributed by atoms with Crippen molar-refractivity contribution in [3.63, 3.8) is 0 Å². The number of carbonyl (C=O) groups is 1. The number of hydrogen-bond donors (Lipinski definition) is 2. The van der Waals surface area contributed by atoms with Gasteiger partial charge in [-0.05, 0) is 54.8 Å². The van der Waals surface area contributed by atoms with E-state index in [-0.39, 0.29) is 5.91 Å². The molecule has 1 amide bonds. The molecule has 110 valence electrons. The first-order valence-electron chi connectivity index (χ1n) is 6.92. The molecule has 0 saturated heterocycles. The monoisotopic (exact) mass is 286 g/mol. The Bertz CT molecular complexity index is 603. The summed E-state index contributed by atoms with van der Waals surface area (Å²) in [5.74, 6) is -0.671. The van der Waals surface area contributed by atoms with Crippen LogP contribution in [0.25, 0.3) is 0 Å². The lowest BCUT2D eigenvalue weighted by molar-refractivity contribution is 0.0950. The summed E-state index contributed by atoms with van der Waals surface area (Å²) in [6.45, 7) is 2.79. The van der Waals surface area contributed by atoms with Crippen LogP contribution in [0.2, 0.25) is 0 Å². The van der Waals surface area contributed by atoms with Gasteiger partial charge in [0.15, 0.2) is 0 Å². The maximum absolute atomic E-state index is 13.3. The number of nitrogens with one attached hydrogen (secondary N) is 1. The van der Waals surface area contributed by atoms with E-state index in [1.54, 1.807) is 13.0 Å². The summed E-state index contributed by atoms with van der Waals surface area (Å²) in [6, 6.07) is 12.2. The lowest BCUT2D eigenvalue weighted by Gasteiger charge is -2.07. The Morgan fingerprint density at radius 2 is 1.81 bits per heavy atom. The second kappa shape index (κ2) is 6.99. The fourth-order valence-corrected chi connectivity index (χ4v) is 2.14. The summed E-state index contributed by atoms with van der Waals surface area (Å²) in [5.41, 5.74) is 8.74. The van der Waals surface area contributed by atoms with Crippen molar-refractivity contribution in [2.24, 2.45) is 5.73 Å². The van der Waals surface area contributed by atoms with Gasteiger partial charge in [-0.25, -0.2) is 4.39 Å². The van der Waals surface area contributed by atoms with Crippen LogP contribution < -0.4 is 11.1 Å². The van der Waals surface area contributed by atoms with Crippen molar-refractivity contribution in [3.05, 3.63) is 70.5 Å². The molecule has 0 heterocycles. The predicted molar refractivity (Wildman–Crippen MR) is 81.5 cm³/mol. The van der Waals surface area contributed by atoms with Gasteiger partial charge >= 0.3 is 0 Å². The zero-order valence-corrected chi connectivity index (χ0v) is 12.0. The zero-order chi connectivity index (χ0) is 15.2. The first-order valence-corrected chi connectivity index (χ1v) is 6.92. The van der Waals surface area contributed by atoms with E-state index >= 15 is 0 Å². The maximum atomic E-state index is 13.3. The van der Waals surface area contributed by atoms with Gasteiger partial charge in [0.1, 0.15) is 5.82 Å². The summed E-state index contributed by atoms with van der Waals surface area (Å²) < 4.78 is 13.3. The van der Waals surface area contributed by atoms with Gasteiger partial charge in [0, 0.05) is 12.1 Å². The number of carbonyl (C=O) groups excluding carboxylic acids is 1. The standard InChI is InChI=1S/C17H19FN2O/c1-12-8-15(10-16(18)9-12)17(21)20-11-14-4-2-13(3-5-14)6-7-19/h2-5,8-10H,6-7,11,19H2,1H3,(H,20,21). The first kappa shape index (κ1) is 15.2. The quantitative estimate of drug-likeness (QED) is 0.887. The lowest BCUT2D eigenvalue weighted by Crippen LogP contribution is -2.23. The van der Waals surface area contributed by atoms with Crippen molar-refractivity contribution >= 4 is 5.91 Å². The third-order valence-electron chi connectivity index (χ3n) is 3.21. The minimum atomic E-state index is -0.397. The highest BCUT2D eigenvalue weighted by atomic mass is 19.1. The largest absolute Gasteiger partial charge is 0.348 e. The third-order valence-corrected chi connectivity index (χ3v) is 3.21. The molecule has 21 heavy (non-hydrogen) atoms. The van der Waals surface area contributed by atoms with Gasteiger partial charge in [-0.1, -0.05) is 24.3 Å². The summed E-state index contributed by atoms with van der Waals surface area (Å²) in [5, 5.41) is 2.79. The molecule has 0 aliphatic heterocycles. The van der Waals surface area contributed by atoms with Crippen LogP contribution >= 0.6 is 0 Å². The highest BCUT2D eigenvalue weighted by Gasteiger charge is 2.07. The molecule has 0 radical (unpaired) electrons. The number of benzene rings is 2. The summed E-state index contributed by atoms with van der Waals surface area (Å²) in [6.07, 6.45) is 0.842. The molecule has 2 rings (SSSR count). The topological polar surface area (TPSA) is 55.1 Å². The van der Waals surface area contributed by atoms with Crippen molar-refractivity contribution < 1.29 is 9.18 Å². The Labute approximate surface area is 124 Å². The summed E-state index contributed by atoms with van der Waals surface area (Å²) in [7, 11) is 0. The smallest absolute Gasteiger partial charge is 0.251 e. The normalized spacial score (nSPS) is 10.4. The van der Waals surface area contributed by atoms with E-state index < -0.39 is 5.82 Å². The SMILES string of the molecule is Cc1cc(F)cc(C(=O)NCc2ccc(CCN)cc2)c1. The lowest BCUT2D eigenvalue weighted by atomic mass is 10.1.